The highest BCUT2D eigenvalue weighted by molar-refractivity contribution is 6.01. The highest BCUT2D eigenvalue weighted by Gasteiger charge is 2.16. The van der Waals surface area contributed by atoms with Crippen molar-refractivity contribution in [1.29, 1.82) is 0 Å². The Labute approximate surface area is 122 Å². The van der Waals surface area contributed by atoms with Gasteiger partial charge in [-0.2, -0.15) is 0 Å². The molecule has 21 heavy (non-hydrogen) atoms. The van der Waals surface area contributed by atoms with E-state index < -0.39 is 5.97 Å². The second-order valence-electron chi connectivity index (χ2n) is 4.56. The highest BCUT2D eigenvalue weighted by Crippen LogP contribution is 2.18. The van der Waals surface area contributed by atoms with Gasteiger partial charge in [0.05, 0.1) is 30.5 Å². The lowest BCUT2D eigenvalue weighted by Gasteiger charge is -2.09. The first-order valence-electron chi connectivity index (χ1n) is 6.42. The van der Waals surface area contributed by atoms with Gasteiger partial charge in [0, 0.05) is 5.56 Å². The number of aromatic nitrogens is 1. The Kier molecular flexibility index (Phi) is 4.37. The Hall–Kier alpha value is -2.63. The summed E-state index contributed by atoms with van der Waals surface area (Å²) in [5, 5.41) is 6.52. The normalized spacial score (nSPS) is 10.2. The number of para-hydroxylation sites is 1. The van der Waals surface area contributed by atoms with Crippen LogP contribution >= 0.6 is 0 Å². The molecule has 110 valence electrons. The molecule has 6 heteroatoms. The number of hydrogen-bond acceptors (Lipinski definition) is 5. The van der Waals surface area contributed by atoms with Crippen molar-refractivity contribution in [2.45, 2.75) is 20.3 Å². The average Bonchev–Trinajstić information content (AvgIpc) is 2.79. The number of methoxy groups -OCH3 is 1. The lowest BCUT2D eigenvalue weighted by Crippen LogP contribution is -2.17. The summed E-state index contributed by atoms with van der Waals surface area (Å²) in [6.07, 6.45) is 0.136. The number of nitrogens with one attached hydrogen (secondary N) is 1. The van der Waals surface area contributed by atoms with E-state index in [0.29, 0.717) is 22.7 Å². The first-order chi connectivity index (χ1) is 10.0. The molecule has 0 aliphatic carbocycles. The molecule has 1 aromatic heterocycles. The number of amides is 1. The van der Waals surface area contributed by atoms with E-state index in [-0.39, 0.29) is 12.3 Å². The van der Waals surface area contributed by atoms with Gasteiger partial charge in [-0.1, -0.05) is 17.3 Å². The van der Waals surface area contributed by atoms with E-state index in [4.69, 9.17) is 4.52 Å². The van der Waals surface area contributed by atoms with Crippen LogP contribution < -0.4 is 5.32 Å². The number of nitrogens with zero attached hydrogens (tertiary/aromatic N) is 1. The Balaban J connectivity index is 2.15. The first-order valence-corrected chi connectivity index (χ1v) is 6.42. The zero-order valence-corrected chi connectivity index (χ0v) is 12.1. The van der Waals surface area contributed by atoms with Crippen LogP contribution in [0.5, 0.6) is 0 Å². The smallest absolute Gasteiger partial charge is 0.339 e. The quantitative estimate of drug-likeness (QED) is 0.873. The number of aryl methyl sites for hydroxylation is 2. The van der Waals surface area contributed by atoms with Gasteiger partial charge in [0.15, 0.2) is 0 Å². The van der Waals surface area contributed by atoms with Crippen molar-refractivity contribution in [2.24, 2.45) is 0 Å². The van der Waals surface area contributed by atoms with Crippen LogP contribution in [-0.4, -0.2) is 24.1 Å². The molecule has 0 saturated heterocycles. The third-order valence-corrected chi connectivity index (χ3v) is 3.13. The van der Waals surface area contributed by atoms with Gasteiger partial charge in [-0.25, -0.2) is 4.79 Å². The average molecular weight is 288 g/mol. The second kappa shape index (κ2) is 6.21. The zero-order chi connectivity index (χ0) is 15.4. The largest absolute Gasteiger partial charge is 0.465 e. The van der Waals surface area contributed by atoms with E-state index in [9.17, 15) is 9.59 Å². The summed E-state index contributed by atoms with van der Waals surface area (Å²) in [5.41, 5.74) is 2.17. The third kappa shape index (κ3) is 3.28. The van der Waals surface area contributed by atoms with Crippen LogP contribution in [0.1, 0.15) is 27.4 Å². The topological polar surface area (TPSA) is 81.4 Å². The van der Waals surface area contributed by atoms with Crippen LogP contribution in [0.2, 0.25) is 0 Å². The van der Waals surface area contributed by atoms with Gasteiger partial charge in [0.1, 0.15) is 5.76 Å². The molecule has 0 saturated carbocycles. The Morgan fingerprint density at radius 3 is 2.62 bits per heavy atom. The molecular formula is C15H16N2O4. The molecule has 2 rings (SSSR count). The van der Waals surface area contributed by atoms with E-state index in [0.717, 1.165) is 5.56 Å². The number of rotatable bonds is 4. The number of ether oxygens (including phenoxy) is 1. The fourth-order valence-electron chi connectivity index (χ4n) is 1.99. The first kappa shape index (κ1) is 14.8. The highest BCUT2D eigenvalue weighted by atomic mass is 16.5. The Morgan fingerprint density at radius 2 is 2.00 bits per heavy atom. The van der Waals surface area contributed by atoms with E-state index in [1.807, 2.05) is 0 Å². The minimum Gasteiger partial charge on any atom is -0.465 e. The van der Waals surface area contributed by atoms with Crippen LogP contribution in [0.25, 0.3) is 0 Å². The van der Waals surface area contributed by atoms with Gasteiger partial charge >= 0.3 is 5.97 Å². The number of esters is 1. The maximum absolute atomic E-state index is 12.1. The van der Waals surface area contributed by atoms with Crippen LogP contribution in [0, 0.1) is 13.8 Å². The molecule has 1 N–H and O–H groups in total. The molecule has 0 radical (unpaired) electrons. The molecule has 2 aromatic rings. The summed E-state index contributed by atoms with van der Waals surface area (Å²) in [4.78, 5) is 23.8. The molecule has 6 nitrogen and oxygen atoms in total. The molecule has 0 aliphatic heterocycles. The van der Waals surface area contributed by atoms with Gasteiger partial charge < -0.3 is 14.6 Å². The van der Waals surface area contributed by atoms with E-state index in [1.165, 1.54) is 7.11 Å². The van der Waals surface area contributed by atoms with Crippen LogP contribution in [0.4, 0.5) is 5.69 Å². The van der Waals surface area contributed by atoms with E-state index in [1.54, 1.807) is 38.1 Å². The molecule has 1 aromatic carbocycles. The van der Waals surface area contributed by atoms with Gasteiger partial charge in [-0.05, 0) is 26.0 Å². The maximum Gasteiger partial charge on any atom is 0.339 e. The summed E-state index contributed by atoms with van der Waals surface area (Å²) in [5.74, 6) is -0.132. The summed E-state index contributed by atoms with van der Waals surface area (Å²) >= 11 is 0. The minimum atomic E-state index is -0.497. The summed E-state index contributed by atoms with van der Waals surface area (Å²) in [6, 6.07) is 6.68. The molecule has 1 heterocycles. The number of carbonyl (C=O) groups is 2. The van der Waals surface area contributed by atoms with Crippen molar-refractivity contribution in [3.05, 3.63) is 46.8 Å². The molecule has 0 spiro atoms. The predicted molar refractivity (Wildman–Crippen MR) is 76.1 cm³/mol. The van der Waals surface area contributed by atoms with Crippen LogP contribution in [-0.2, 0) is 16.0 Å². The molecule has 0 fully saturated rings. The maximum atomic E-state index is 12.1. The van der Waals surface area contributed by atoms with E-state index >= 15 is 0 Å². The summed E-state index contributed by atoms with van der Waals surface area (Å²) < 4.78 is 9.71. The second-order valence-corrected chi connectivity index (χ2v) is 4.56. The summed E-state index contributed by atoms with van der Waals surface area (Å²) in [6.45, 7) is 3.53. The number of hydrogen-bond donors (Lipinski definition) is 1. The van der Waals surface area contributed by atoms with Crippen molar-refractivity contribution in [3.63, 3.8) is 0 Å². The van der Waals surface area contributed by atoms with Crippen molar-refractivity contribution >= 4 is 17.6 Å². The SMILES string of the molecule is COC(=O)c1ccccc1NC(=O)Cc1c(C)noc1C. The van der Waals surface area contributed by atoms with Crippen molar-refractivity contribution in [3.8, 4) is 0 Å². The summed E-state index contributed by atoms with van der Waals surface area (Å²) in [7, 11) is 1.30. The lowest BCUT2D eigenvalue weighted by molar-refractivity contribution is -0.115. The monoisotopic (exact) mass is 288 g/mol. The van der Waals surface area contributed by atoms with Gasteiger partial charge in [0.2, 0.25) is 5.91 Å². The number of carbonyl (C=O) groups excluding carboxylic acids is 2. The minimum absolute atomic E-state index is 0.136. The molecule has 1 amide bonds. The molecule has 0 bridgehead atoms. The number of anilines is 1. The molecular weight excluding hydrogens is 272 g/mol. The molecule has 0 aliphatic rings. The van der Waals surface area contributed by atoms with Crippen molar-refractivity contribution in [2.75, 3.05) is 12.4 Å². The Bertz CT molecular complexity index is 657. The van der Waals surface area contributed by atoms with E-state index in [2.05, 4.69) is 15.2 Å². The predicted octanol–water partition coefficient (Wildman–Crippen LogP) is 2.26. The van der Waals surface area contributed by atoms with Gasteiger partial charge in [0.25, 0.3) is 0 Å². The fourth-order valence-corrected chi connectivity index (χ4v) is 1.99. The zero-order valence-electron chi connectivity index (χ0n) is 12.1. The van der Waals surface area contributed by atoms with Crippen LogP contribution in [0.3, 0.4) is 0 Å². The Morgan fingerprint density at radius 1 is 1.29 bits per heavy atom. The molecule has 0 atom stereocenters. The van der Waals surface area contributed by atoms with Gasteiger partial charge in [-0.15, -0.1) is 0 Å². The molecule has 0 unspecified atom stereocenters. The number of benzene rings is 1. The fraction of sp³-hybridized carbons (Fsp3) is 0.267. The third-order valence-electron chi connectivity index (χ3n) is 3.13. The lowest BCUT2D eigenvalue weighted by atomic mass is 10.1. The van der Waals surface area contributed by atoms with Crippen molar-refractivity contribution < 1.29 is 18.8 Å². The van der Waals surface area contributed by atoms with Gasteiger partial charge in [-0.3, -0.25) is 4.79 Å². The standard InChI is InChI=1S/C15H16N2O4/c1-9-12(10(2)21-17-9)8-14(18)16-13-7-5-4-6-11(13)15(19)20-3/h4-7H,8H2,1-3H3,(H,16,18). The van der Waals surface area contributed by atoms with Crippen molar-refractivity contribution in [1.82, 2.24) is 5.16 Å². The van der Waals surface area contributed by atoms with Crippen LogP contribution in [0.15, 0.2) is 28.8 Å².